The number of aryl methyl sites for hydroxylation is 1. The lowest BCUT2D eigenvalue weighted by Crippen LogP contribution is -2.35. The van der Waals surface area contributed by atoms with Gasteiger partial charge in [-0.05, 0) is 43.4 Å². The first-order valence-corrected chi connectivity index (χ1v) is 11.5. The molecule has 0 spiro atoms. The van der Waals surface area contributed by atoms with Gasteiger partial charge in [0.1, 0.15) is 0 Å². The lowest BCUT2D eigenvalue weighted by Gasteiger charge is -2.25. The van der Waals surface area contributed by atoms with Crippen molar-refractivity contribution in [1.29, 1.82) is 0 Å². The average molecular weight is 455 g/mol. The number of aromatic nitrogens is 2. The Balaban J connectivity index is 0.00000578. The Morgan fingerprint density at radius 1 is 1.30 bits per heavy atom. The SMILES string of the molecule is C=C(/C(=C/C)c1nc(-c2cccc(N(CCC)CCNC(=O)OC)c2)cnc1C)C(C)(C)C.[HH].[HH]. The van der Waals surface area contributed by atoms with E-state index in [-0.39, 0.29) is 8.27 Å². The number of anilines is 1. The maximum atomic E-state index is 11.4. The van der Waals surface area contributed by atoms with E-state index in [1.807, 2.05) is 26.1 Å². The summed E-state index contributed by atoms with van der Waals surface area (Å²) in [5.41, 5.74) is 6.67. The third kappa shape index (κ3) is 6.91. The average Bonchev–Trinajstić information content (AvgIpc) is 2.79. The Morgan fingerprint density at radius 3 is 2.64 bits per heavy atom. The molecule has 0 fully saturated rings. The van der Waals surface area contributed by atoms with Gasteiger partial charge in [0.25, 0.3) is 0 Å². The number of methoxy groups -OCH3 is 1. The van der Waals surface area contributed by atoms with Gasteiger partial charge < -0.3 is 15.0 Å². The number of alkyl carbamates (subject to hydrolysis) is 1. The summed E-state index contributed by atoms with van der Waals surface area (Å²) in [6.07, 6.45) is 4.48. The first kappa shape index (κ1) is 26.1. The number of hydrogen-bond donors (Lipinski definition) is 1. The minimum Gasteiger partial charge on any atom is -0.453 e. The number of hydrogen-bond acceptors (Lipinski definition) is 5. The Bertz CT molecular complexity index is 1020. The maximum Gasteiger partial charge on any atom is 0.406 e. The predicted octanol–water partition coefficient (Wildman–Crippen LogP) is 6.52. The van der Waals surface area contributed by atoms with Crippen molar-refractivity contribution >= 4 is 17.4 Å². The maximum absolute atomic E-state index is 11.4. The van der Waals surface area contributed by atoms with E-state index in [0.717, 1.165) is 52.4 Å². The van der Waals surface area contributed by atoms with Gasteiger partial charge in [-0.15, -0.1) is 0 Å². The Kier molecular flexibility index (Phi) is 9.21. The van der Waals surface area contributed by atoms with Crippen LogP contribution in [-0.4, -0.2) is 42.8 Å². The van der Waals surface area contributed by atoms with E-state index in [9.17, 15) is 4.79 Å². The summed E-state index contributed by atoms with van der Waals surface area (Å²) in [4.78, 5) is 23.3. The van der Waals surface area contributed by atoms with E-state index in [2.05, 4.69) is 78.5 Å². The van der Waals surface area contributed by atoms with Crippen LogP contribution in [-0.2, 0) is 4.74 Å². The van der Waals surface area contributed by atoms with Crippen molar-refractivity contribution in [2.24, 2.45) is 5.41 Å². The normalized spacial score (nSPS) is 11.8. The molecule has 0 radical (unpaired) electrons. The number of carbonyl (C=O) groups excluding carboxylic acids is 1. The van der Waals surface area contributed by atoms with Crippen LogP contribution < -0.4 is 10.2 Å². The van der Waals surface area contributed by atoms with Crippen molar-refractivity contribution in [3.05, 3.63) is 60.1 Å². The van der Waals surface area contributed by atoms with E-state index >= 15 is 0 Å². The van der Waals surface area contributed by atoms with Crippen molar-refractivity contribution in [1.82, 2.24) is 15.3 Å². The van der Waals surface area contributed by atoms with Crippen molar-refractivity contribution in [2.75, 3.05) is 31.6 Å². The third-order valence-corrected chi connectivity index (χ3v) is 5.57. The number of amides is 1. The quantitative estimate of drug-likeness (QED) is 0.437. The molecule has 1 N–H and O–H groups in total. The van der Waals surface area contributed by atoms with Crippen LogP contribution in [0, 0.1) is 12.3 Å². The Hall–Kier alpha value is -3.15. The van der Waals surface area contributed by atoms with Gasteiger partial charge in [-0.2, -0.15) is 0 Å². The molecular formula is C27H42N4O2. The molecule has 0 saturated heterocycles. The Labute approximate surface area is 201 Å². The van der Waals surface area contributed by atoms with Crippen LogP contribution in [0.4, 0.5) is 10.5 Å². The fraction of sp³-hybridized carbons (Fsp3) is 0.444. The molecule has 1 amide bonds. The molecule has 0 aliphatic carbocycles. The number of allylic oxidation sites excluding steroid dienone is 3. The third-order valence-electron chi connectivity index (χ3n) is 5.57. The number of rotatable bonds is 9. The summed E-state index contributed by atoms with van der Waals surface area (Å²) in [6.45, 7) is 19.0. The van der Waals surface area contributed by atoms with Crippen molar-refractivity contribution in [2.45, 2.75) is 48.0 Å². The minimum absolute atomic E-state index is 0. The number of carbonyl (C=O) groups is 1. The Morgan fingerprint density at radius 2 is 2.03 bits per heavy atom. The molecule has 1 aromatic heterocycles. The van der Waals surface area contributed by atoms with Crippen LogP contribution in [0.2, 0.25) is 0 Å². The van der Waals surface area contributed by atoms with Gasteiger partial charge >= 0.3 is 6.09 Å². The summed E-state index contributed by atoms with van der Waals surface area (Å²) < 4.78 is 4.67. The fourth-order valence-electron chi connectivity index (χ4n) is 3.57. The first-order chi connectivity index (χ1) is 15.6. The highest BCUT2D eigenvalue weighted by molar-refractivity contribution is 5.79. The lowest BCUT2D eigenvalue weighted by molar-refractivity contribution is 0.171. The largest absolute Gasteiger partial charge is 0.453 e. The van der Waals surface area contributed by atoms with Crippen LogP contribution in [0.15, 0.2) is 48.7 Å². The first-order valence-electron chi connectivity index (χ1n) is 11.5. The predicted molar refractivity (Wildman–Crippen MR) is 142 cm³/mol. The highest BCUT2D eigenvalue weighted by atomic mass is 16.5. The molecule has 182 valence electrons. The number of benzene rings is 1. The second-order valence-electron chi connectivity index (χ2n) is 9.08. The van der Waals surface area contributed by atoms with E-state index in [1.165, 1.54) is 7.11 Å². The highest BCUT2D eigenvalue weighted by Crippen LogP contribution is 2.36. The molecule has 6 heteroatoms. The van der Waals surface area contributed by atoms with Crippen molar-refractivity contribution in [3.63, 3.8) is 0 Å². The number of nitrogens with one attached hydrogen (secondary N) is 1. The summed E-state index contributed by atoms with van der Waals surface area (Å²) in [6, 6.07) is 8.30. The van der Waals surface area contributed by atoms with Gasteiger partial charge in [-0.3, -0.25) is 4.98 Å². The highest BCUT2D eigenvalue weighted by Gasteiger charge is 2.22. The van der Waals surface area contributed by atoms with Crippen molar-refractivity contribution < 1.29 is 12.4 Å². The van der Waals surface area contributed by atoms with Gasteiger partial charge in [0.15, 0.2) is 0 Å². The zero-order chi connectivity index (χ0) is 24.6. The second kappa shape index (κ2) is 11.6. The molecule has 0 atom stereocenters. The zero-order valence-electron chi connectivity index (χ0n) is 21.2. The van der Waals surface area contributed by atoms with Gasteiger partial charge in [-0.1, -0.05) is 52.5 Å². The molecule has 1 aromatic carbocycles. The zero-order valence-corrected chi connectivity index (χ0v) is 21.2. The molecule has 1 heterocycles. The van der Waals surface area contributed by atoms with Crippen LogP contribution in [0.5, 0.6) is 0 Å². The molecule has 6 nitrogen and oxygen atoms in total. The topological polar surface area (TPSA) is 67.4 Å². The van der Waals surface area contributed by atoms with Crippen LogP contribution in [0.25, 0.3) is 16.8 Å². The summed E-state index contributed by atoms with van der Waals surface area (Å²) in [5, 5.41) is 2.75. The summed E-state index contributed by atoms with van der Waals surface area (Å²) in [5.74, 6) is 0. The van der Waals surface area contributed by atoms with Gasteiger partial charge in [-0.25, -0.2) is 9.78 Å². The molecule has 0 bridgehead atoms. The molecule has 2 aromatic rings. The standard InChI is InChI=1S/C27H38N4O2.2H2/c1-9-15-31(16-14-28-26(32)33-8)22-13-11-12-21(17-22)24-18-29-20(4)25(30-24)23(10-2)19(3)27(5,6)7;;/h10-13,17-18H,3,9,14-16H2,1-2,4-8H3,(H,28,32);2*1H/b23-10-;;. The van der Waals surface area contributed by atoms with E-state index < -0.39 is 6.09 Å². The van der Waals surface area contributed by atoms with E-state index in [1.54, 1.807) is 0 Å². The summed E-state index contributed by atoms with van der Waals surface area (Å²) >= 11 is 0. The van der Waals surface area contributed by atoms with Crippen molar-refractivity contribution in [3.8, 4) is 11.3 Å². The van der Waals surface area contributed by atoms with Gasteiger partial charge in [0.2, 0.25) is 0 Å². The van der Waals surface area contributed by atoms with Crippen LogP contribution in [0.1, 0.15) is 55.3 Å². The molecule has 0 aliphatic rings. The molecule has 0 unspecified atom stereocenters. The van der Waals surface area contributed by atoms with Crippen LogP contribution in [0.3, 0.4) is 0 Å². The molecule has 2 rings (SSSR count). The fourth-order valence-corrected chi connectivity index (χ4v) is 3.57. The molecule has 33 heavy (non-hydrogen) atoms. The van der Waals surface area contributed by atoms with E-state index in [4.69, 9.17) is 4.98 Å². The van der Waals surface area contributed by atoms with E-state index in [0.29, 0.717) is 13.1 Å². The number of ether oxygens (including phenoxy) is 1. The lowest BCUT2D eigenvalue weighted by atomic mass is 9.81. The summed E-state index contributed by atoms with van der Waals surface area (Å²) in [7, 11) is 1.37. The monoisotopic (exact) mass is 454 g/mol. The second-order valence-corrected chi connectivity index (χ2v) is 9.08. The molecular weight excluding hydrogens is 412 g/mol. The van der Waals surface area contributed by atoms with Crippen LogP contribution >= 0.6 is 0 Å². The molecule has 0 saturated carbocycles. The smallest absolute Gasteiger partial charge is 0.406 e. The number of nitrogens with zero attached hydrogens (tertiary/aromatic N) is 3. The minimum atomic E-state index is -0.417. The van der Waals surface area contributed by atoms with Gasteiger partial charge in [0, 0.05) is 39.3 Å². The molecule has 0 aliphatic heterocycles. The van der Waals surface area contributed by atoms with Gasteiger partial charge in [0.05, 0.1) is 30.4 Å².